The summed E-state index contributed by atoms with van der Waals surface area (Å²) < 4.78 is 30.9. The van der Waals surface area contributed by atoms with E-state index in [9.17, 15) is 8.78 Å². The molecule has 1 aromatic rings. The van der Waals surface area contributed by atoms with E-state index in [1.165, 1.54) is 6.07 Å². The van der Waals surface area contributed by atoms with Crippen molar-refractivity contribution >= 4 is 15.9 Å². The van der Waals surface area contributed by atoms with Crippen LogP contribution in [-0.2, 0) is 0 Å². The van der Waals surface area contributed by atoms with E-state index in [1.807, 2.05) is 6.92 Å². The number of rotatable bonds is 4. The third-order valence-electron chi connectivity index (χ3n) is 1.67. The second-order valence-corrected chi connectivity index (χ2v) is 3.75. The molecule has 0 heterocycles. The number of benzene rings is 1. The molecule has 78 valence electrons. The van der Waals surface area contributed by atoms with Crippen LogP contribution < -0.4 is 4.74 Å². The fourth-order valence-electron chi connectivity index (χ4n) is 1.03. The standard InChI is InChI=1S/C10H11BrF2O/c1-2-5-14-9-4-3-7(11)6-8(9)10(12)13/h3-4,6,10H,2,5H2,1H3. The number of halogens is 3. The molecule has 0 aliphatic heterocycles. The molecule has 0 spiro atoms. The Balaban J connectivity index is 2.90. The first-order valence-electron chi connectivity index (χ1n) is 4.35. The van der Waals surface area contributed by atoms with Crippen molar-refractivity contribution in [2.24, 2.45) is 0 Å². The van der Waals surface area contributed by atoms with Crippen LogP contribution >= 0.6 is 15.9 Å². The molecule has 0 atom stereocenters. The van der Waals surface area contributed by atoms with Gasteiger partial charge in [0.2, 0.25) is 0 Å². The molecular formula is C10H11BrF2O. The summed E-state index contributed by atoms with van der Waals surface area (Å²) in [6.45, 7) is 2.39. The lowest BCUT2D eigenvalue weighted by molar-refractivity contribution is 0.145. The van der Waals surface area contributed by atoms with Crippen LogP contribution in [0.2, 0.25) is 0 Å². The Morgan fingerprint density at radius 1 is 1.43 bits per heavy atom. The molecule has 0 N–H and O–H groups in total. The van der Waals surface area contributed by atoms with E-state index < -0.39 is 6.43 Å². The highest BCUT2D eigenvalue weighted by atomic mass is 79.9. The van der Waals surface area contributed by atoms with E-state index in [0.29, 0.717) is 11.1 Å². The van der Waals surface area contributed by atoms with Gasteiger partial charge in [-0.25, -0.2) is 8.78 Å². The quantitative estimate of drug-likeness (QED) is 0.793. The first kappa shape index (κ1) is 11.4. The molecule has 1 rings (SSSR count). The van der Waals surface area contributed by atoms with Crippen molar-refractivity contribution in [3.63, 3.8) is 0 Å². The lowest BCUT2D eigenvalue weighted by Gasteiger charge is -2.10. The van der Waals surface area contributed by atoms with Crippen molar-refractivity contribution in [3.8, 4) is 5.75 Å². The van der Waals surface area contributed by atoms with Crippen molar-refractivity contribution in [1.82, 2.24) is 0 Å². The van der Waals surface area contributed by atoms with Gasteiger partial charge in [0.15, 0.2) is 0 Å². The largest absolute Gasteiger partial charge is 0.493 e. The number of hydrogen-bond donors (Lipinski definition) is 0. The summed E-state index contributed by atoms with van der Waals surface area (Å²) in [4.78, 5) is 0. The molecule has 4 heteroatoms. The Morgan fingerprint density at radius 3 is 2.71 bits per heavy atom. The van der Waals surface area contributed by atoms with Gasteiger partial charge in [0, 0.05) is 4.47 Å². The minimum Gasteiger partial charge on any atom is -0.493 e. The summed E-state index contributed by atoms with van der Waals surface area (Å²) in [6.07, 6.45) is -1.70. The van der Waals surface area contributed by atoms with Crippen LogP contribution in [0.25, 0.3) is 0 Å². The second-order valence-electron chi connectivity index (χ2n) is 2.83. The van der Waals surface area contributed by atoms with Crippen molar-refractivity contribution in [2.45, 2.75) is 19.8 Å². The highest BCUT2D eigenvalue weighted by Crippen LogP contribution is 2.31. The van der Waals surface area contributed by atoms with Gasteiger partial charge >= 0.3 is 0 Å². The van der Waals surface area contributed by atoms with Gasteiger partial charge in [-0.3, -0.25) is 0 Å². The van der Waals surface area contributed by atoms with Gasteiger partial charge in [0.1, 0.15) is 5.75 Å². The number of alkyl halides is 2. The molecule has 1 aromatic carbocycles. The zero-order valence-electron chi connectivity index (χ0n) is 7.77. The van der Waals surface area contributed by atoms with Crippen LogP contribution in [0.4, 0.5) is 8.78 Å². The third-order valence-corrected chi connectivity index (χ3v) is 2.16. The minimum absolute atomic E-state index is 0.0622. The first-order valence-corrected chi connectivity index (χ1v) is 5.15. The average Bonchev–Trinajstić information content (AvgIpc) is 2.15. The molecule has 0 aliphatic carbocycles. The van der Waals surface area contributed by atoms with E-state index in [0.717, 1.165) is 6.42 Å². The summed E-state index contributed by atoms with van der Waals surface area (Å²) in [7, 11) is 0. The Hall–Kier alpha value is -0.640. The fourth-order valence-corrected chi connectivity index (χ4v) is 1.41. The predicted molar refractivity (Wildman–Crippen MR) is 54.9 cm³/mol. The van der Waals surface area contributed by atoms with Crippen molar-refractivity contribution in [1.29, 1.82) is 0 Å². The Morgan fingerprint density at radius 2 is 2.14 bits per heavy atom. The molecule has 0 unspecified atom stereocenters. The summed E-state index contributed by atoms with van der Waals surface area (Å²) in [5.74, 6) is 0.269. The van der Waals surface area contributed by atoms with E-state index in [2.05, 4.69) is 15.9 Å². The zero-order chi connectivity index (χ0) is 10.6. The van der Waals surface area contributed by atoms with E-state index >= 15 is 0 Å². The molecule has 0 aromatic heterocycles. The van der Waals surface area contributed by atoms with Gasteiger partial charge in [-0.1, -0.05) is 22.9 Å². The summed E-state index contributed by atoms with van der Waals surface area (Å²) in [6, 6.07) is 4.63. The molecule has 0 radical (unpaired) electrons. The molecule has 0 aliphatic rings. The van der Waals surface area contributed by atoms with Crippen LogP contribution in [0.15, 0.2) is 22.7 Å². The summed E-state index contributed by atoms with van der Waals surface area (Å²) in [5.41, 5.74) is -0.0622. The zero-order valence-corrected chi connectivity index (χ0v) is 9.35. The lowest BCUT2D eigenvalue weighted by atomic mass is 10.2. The van der Waals surface area contributed by atoms with E-state index in [4.69, 9.17) is 4.74 Å². The lowest BCUT2D eigenvalue weighted by Crippen LogP contribution is -1.99. The smallest absolute Gasteiger partial charge is 0.267 e. The minimum atomic E-state index is -2.50. The third kappa shape index (κ3) is 2.94. The van der Waals surface area contributed by atoms with Crippen LogP contribution in [0, 0.1) is 0 Å². The van der Waals surface area contributed by atoms with Crippen LogP contribution in [0.1, 0.15) is 25.3 Å². The maximum absolute atomic E-state index is 12.5. The normalized spacial score (nSPS) is 10.6. The van der Waals surface area contributed by atoms with Crippen LogP contribution in [0.5, 0.6) is 5.75 Å². The monoisotopic (exact) mass is 264 g/mol. The van der Waals surface area contributed by atoms with Gasteiger partial charge in [-0.15, -0.1) is 0 Å². The van der Waals surface area contributed by atoms with Gasteiger partial charge in [0.25, 0.3) is 6.43 Å². The van der Waals surface area contributed by atoms with Crippen molar-refractivity contribution in [2.75, 3.05) is 6.61 Å². The van der Waals surface area contributed by atoms with E-state index in [-0.39, 0.29) is 11.3 Å². The van der Waals surface area contributed by atoms with Gasteiger partial charge in [-0.2, -0.15) is 0 Å². The molecule has 0 bridgehead atoms. The average molecular weight is 265 g/mol. The SMILES string of the molecule is CCCOc1ccc(Br)cc1C(F)F. The van der Waals surface area contributed by atoms with Crippen molar-refractivity contribution < 1.29 is 13.5 Å². The highest BCUT2D eigenvalue weighted by molar-refractivity contribution is 9.10. The van der Waals surface area contributed by atoms with Gasteiger partial charge < -0.3 is 4.74 Å². The molecule has 14 heavy (non-hydrogen) atoms. The Kier molecular flexibility index (Phi) is 4.32. The molecular weight excluding hydrogens is 254 g/mol. The maximum Gasteiger partial charge on any atom is 0.267 e. The Bertz CT molecular complexity index is 302. The highest BCUT2D eigenvalue weighted by Gasteiger charge is 2.14. The molecule has 1 nitrogen and oxygen atoms in total. The van der Waals surface area contributed by atoms with Crippen LogP contribution in [-0.4, -0.2) is 6.61 Å². The topological polar surface area (TPSA) is 9.23 Å². The van der Waals surface area contributed by atoms with Crippen LogP contribution in [0.3, 0.4) is 0 Å². The Labute approximate surface area is 90.2 Å². The first-order chi connectivity index (χ1) is 6.65. The van der Waals surface area contributed by atoms with Gasteiger partial charge in [0.05, 0.1) is 12.2 Å². The fraction of sp³-hybridized carbons (Fsp3) is 0.400. The van der Waals surface area contributed by atoms with E-state index in [1.54, 1.807) is 12.1 Å². The molecule has 0 amide bonds. The van der Waals surface area contributed by atoms with Crippen molar-refractivity contribution in [3.05, 3.63) is 28.2 Å². The molecule has 0 fully saturated rings. The number of ether oxygens (including phenoxy) is 1. The second kappa shape index (κ2) is 5.29. The summed E-state index contributed by atoms with van der Waals surface area (Å²) >= 11 is 3.14. The molecule has 0 saturated heterocycles. The van der Waals surface area contributed by atoms with Gasteiger partial charge in [-0.05, 0) is 24.6 Å². The maximum atomic E-state index is 12.5. The summed E-state index contributed by atoms with van der Waals surface area (Å²) in [5, 5.41) is 0. The number of hydrogen-bond acceptors (Lipinski definition) is 1. The molecule has 0 saturated carbocycles. The predicted octanol–water partition coefficient (Wildman–Crippen LogP) is 4.18.